The minimum Gasteiger partial charge on any atom is -0.329 e. The molecule has 0 aliphatic rings. The normalized spacial score (nSPS) is 10.7. The summed E-state index contributed by atoms with van der Waals surface area (Å²) in [4.78, 5) is 8.73. The Bertz CT molecular complexity index is 488. The predicted octanol–water partition coefficient (Wildman–Crippen LogP) is 1.40. The van der Waals surface area contributed by atoms with Gasteiger partial charge in [-0.2, -0.15) is 0 Å². The highest BCUT2D eigenvalue weighted by Gasteiger charge is 2.03. The van der Waals surface area contributed by atoms with Crippen molar-refractivity contribution < 1.29 is 0 Å². The summed E-state index contributed by atoms with van der Waals surface area (Å²) >= 11 is 0. The van der Waals surface area contributed by atoms with E-state index in [2.05, 4.69) is 21.5 Å². The van der Waals surface area contributed by atoms with Crippen LogP contribution >= 0.6 is 0 Å². The molecule has 16 heavy (non-hydrogen) atoms. The maximum Gasteiger partial charge on any atom is 0.0955 e. The molecular formula is C12H16N4. The molecule has 2 aromatic heterocycles. The maximum atomic E-state index is 5.56. The first kappa shape index (κ1) is 10.8. The van der Waals surface area contributed by atoms with Gasteiger partial charge in [0.15, 0.2) is 0 Å². The smallest absolute Gasteiger partial charge is 0.0955 e. The van der Waals surface area contributed by atoms with E-state index in [0.717, 1.165) is 23.6 Å². The van der Waals surface area contributed by atoms with Crippen LogP contribution in [-0.2, 0) is 13.1 Å². The van der Waals surface area contributed by atoms with Gasteiger partial charge in [0.2, 0.25) is 0 Å². The molecule has 0 aromatic carbocycles. The molecule has 0 radical (unpaired) electrons. The topological polar surface area (TPSA) is 56.7 Å². The quantitative estimate of drug-likeness (QED) is 0.843. The van der Waals surface area contributed by atoms with Crippen LogP contribution in [0.2, 0.25) is 0 Å². The van der Waals surface area contributed by atoms with Gasteiger partial charge in [-0.15, -0.1) is 0 Å². The van der Waals surface area contributed by atoms with Crippen LogP contribution in [0.4, 0.5) is 0 Å². The van der Waals surface area contributed by atoms with E-state index in [1.54, 1.807) is 0 Å². The van der Waals surface area contributed by atoms with Crippen LogP contribution in [0.5, 0.6) is 0 Å². The lowest BCUT2D eigenvalue weighted by Gasteiger charge is -2.06. The molecule has 0 spiro atoms. The number of nitrogens with two attached hydrogens (primary N) is 1. The maximum absolute atomic E-state index is 5.56. The standard InChI is InChI=1S/C12H16N4/c1-9-10(2)16(8-14-9)7-12-5-3-4-11(6-13)15-12/h3-5,8H,6-7,13H2,1-2H3. The SMILES string of the molecule is Cc1ncn(Cc2cccc(CN)n2)c1C. The molecule has 0 bridgehead atoms. The summed E-state index contributed by atoms with van der Waals surface area (Å²) < 4.78 is 2.10. The van der Waals surface area contributed by atoms with E-state index in [1.807, 2.05) is 31.5 Å². The van der Waals surface area contributed by atoms with Crippen LogP contribution in [0, 0.1) is 13.8 Å². The molecule has 0 saturated heterocycles. The van der Waals surface area contributed by atoms with Crippen molar-refractivity contribution in [3.8, 4) is 0 Å². The van der Waals surface area contributed by atoms with Crippen LogP contribution in [-0.4, -0.2) is 14.5 Å². The van der Waals surface area contributed by atoms with Gasteiger partial charge < -0.3 is 10.3 Å². The molecule has 0 unspecified atom stereocenters. The van der Waals surface area contributed by atoms with Gasteiger partial charge in [0.05, 0.1) is 30.0 Å². The molecule has 4 nitrogen and oxygen atoms in total. The van der Waals surface area contributed by atoms with E-state index in [1.165, 1.54) is 5.69 Å². The van der Waals surface area contributed by atoms with E-state index in [-0.39, 0.29) is 0 Å². The fourth-order valence-electron chi connectivity index (χ4n) is 1.61. The largest absolute Gasteiger partial charge is 0.329 e. The van der Waals surface area contributed by atoms with Crippen LogP contribution < -0.4 is 5.73 Å². The summed E-state index contributed by atoms with van der Waals surface area (Å²) in [5, 5.41) is 0. The van der Waals surface area contributed by atoms with Gasteiger partial charge in [-0.05, 0) is 26.0 Å². The molecular weight excluding hydrogens is 200 g/mol. The van der Waals surface area contributed by atoms with Crippen LogP contribution in [0.15, 0.2) is 24.5 Å². The first-order chi connectivity index (χ1) is 7.70. The number of aryl methyl sites for hydroxylation is 1. The van der Waals surface area contributed by atoms with Crippen LogP contribution in [0.1, 0.15) is 22.8 Å². The minimum atomic E-state index is 0.482. The van der Waals surface area contributed by atoms with Gasteiger partial charge in [-0.3, -0.25) is 4.98 Å². The van der Waals surface area contributed by atoms with Gasteiger partial charge in [0.1, 0.15) is 0 Å². The zero-order valence-electron chi connectivity index (χ0n) is 9.64. The second-order valence-electron chi connectivity index (χ2n) is 3.87. The lowest BCUT2D eigenvalue weighted by Crippen LogP contribution is -2.06. The monoisotopic (exact) mass is 216 g/mol. The fourth-order valence-corrected chi connectivity index (χ4v) is 1.61. The molecule has 0 saturated carbocycles. The summed E-state index contributed by atoms with van der Waals surface area (Å²) in [5.74, 6) is 0. The fraction of sp³-hybridized carbons (Fsp3) is 0.333. The van der Waals surface area contributed by atoms with Crippen molar-refractivity contribution in [1.82, 2.24) is 14.5 Å². The number of pyridine rings is 1. The molecule has 2 heterocycles. The lowest BCUT2D eigenvalue weighted by atomic mass is 10.3. The Kier molecular flexibility index (Phi) is 3.01. The van der Waals surface area contributed by atoms with E-state index in [4.69, 9.17) is 5.73 Å². The average molecular weight is 216 g/mol. The summed E-state index contributed by atoms with van der Waals surface area (Å²) in [6.07, 6.45) is 1.85. The Hall–Kier alpha value is -1.68. The van der Waals surface area contributed by atoms with Crippen molar-refractivity contribution in [2.75, 3.05) is 0 Å². The molecule has 0 aliphatic heterocycles. The van der Waals surface area contributed by atoms with E-state index < -0.39 is 0 Å². The van der Waals surface area contributed by atoms with Crippen molar-refractivity contribution in [1.29, 1.82) is 0 Å². The highest BCUT2D eigenvalue weighted by atomic mass is 15.1. The molecule has 2 aromatic rings. The average Bonchev–Trinajstić information content (AvgIpc) is 2.61. The van der Waals surface area contributed by atoms with E-state index >= 15 is 0 Å². The zero-order valence-corrected chi connectivity index (χ0v) is 9.64. The van der Waals surface area contributed by atoms with E-state index in [9.17, 15) is 0 Å². The first-order valence-electron chi connectivity index (χ1n) is 5.34. The Balaban J connectivity index is 2.23. The number of hydrogen-bond acceptors (Lipinski definition) is 3. The zero-order chi connectivity index (χ0) is 11.5. The molecule has 2 rings (SSSR count). The minimum absolute atomic E-state index is 0.482. The highest BCUT2D eigenvalue weighted by Crippen LogP contribution is 2.07. The van der Waals surface area contributed by atoms with Crippen LogP contribution in [0.3, 0.4) is 0 Å². The Morgan fingerprint density at radius 2 is 2.00 bits per heavy atom. The van der Waals surface area contributed by atoms with Gasteiger partial charge >= 0.3 is 0 Å². The first-order valence-corrected chi connectivity index (χ1v) is 5.34. The molecule has 0 fully saturated rings. The van der Waals surface area contributed by atoms with E-state index in [0.29, 0.717) is 6.54 Å². The number of rotatable bonds is 3. The summed E-state index contributed by atoms with van der Waals surface area (Å²) in [6, 6.07) is 5.94. The van der Waals surface area contributed by atoms with Crippen molar-refractivity contribution in [3.63, 3.8) is 0 Å². The van der Waals surface area contributed by atoms with Crippen molar-refractivity contribution >= 4 is 0 Å². The second-order valence-corrected chi connectivity index (χ2v) is 3.87. The number of hydrogen-bond donors (Lipinski definition) is 1. The highest BCUT2D eigenvalue weighted by molar-refractivity contribution is 5.14. The molecule has 0 atom stereocenters. The second kappa shape index (κ2) is 4.45. The van der Waals surface area contributed by atoms with Gasteiger partial charge in [-0.1, -0.05) is 6.07 Å². The van der Waals surface area contributed by atoms with Gasteiger partial charge in [0.25, 0.3) is 0 Å². The number of nitrogens with zero attached hydrogens (tertiary/aromatic N) is 3. The third kappa shape index (κ3) is 2.12. The van der Waals surface area contributed by atoms with Crippen molar-refractivity contribution in [2.45, 2.75) is 26.9 Å². The van der Waals surface area contributed by atoms with Gasteiger partial charge in [-0.25, -0.2) is 4.98 Å². The number of aromatic nitrogens is 3. The van der Waals surface area contributed by atoms with Crippen LogP contribution in [0.25, 0.3) is 0 Å². The lowest BCUT2D eigenvalue weighted by molar-refractivity contribution is 0.741. The Morgan fingerprint density at radius 1 is 1.25 bits per heavy atom. The summed E-state index contributed by atoms with van der Waals surface area (Å²) in [6.45, 7) is 5.31. The van der Waals surface area contributed by atoms with Crippen molar-refractivity contribution in [2.24, 2.45) is 5.73 Å². The third-order valence-electron chi connectivity index (χ3n) is 2.75. The number of imidazole rings is 1. The molecule has 0 aliphatic carbocycles. The Morgan fingerprint density at radius 3 is 2.62 bits per heavy atom. The predicted molar refractivity (Wildman–Crippen MR) is 62.9 cm³/mol. The van der Waals surface area contributed by atoms with Crippen molar-refractivity contribution in [3.05, 3.63) is 47.3 Å². The molecule has 4 heteroatoms. The third-order valence-corrected chi connectivity index (χ3v) is 2.75. The van der Waals surface area contributed by atoms with Gasteiger partial charge in [0, 0.05) is 12.2 Å². The molecule has 2 N–H and O–H groups in total. The molecule has 84 valence electrons. The summed E-state index contributed by atoms with van der Waals surface area (Å²) in [7, 11) is 0. The molecule has 0 amide bonds. The Labute approximate surface area is 95.1 Å². The summed E-state index contributed by atoms with van der Waals surface area (Å²) in [5.41, 5.74) is 9.75.